The van der Waals surface area contributed by atoms with Crippen LogP contribution in [0.2, 0.25) is 0 Å². The molecule has 3 atom stereocenters. The normalized spacial score (nSPS) is 26.9. The van der Waals surface area contributed by atoms with Crippen LogP contribution in [0.4, 0.5) is 4.79 Å². The van der Waals surface area contributed by atoms with Gasteiger partial charge in [-0.1, -0.05) is 6.92 Å². The number of hydrogen-bond donors (Lipinski definition) is 3. The molecule has 2 amide bonds. The number of carboxylic acids is 1. The maximum atomic E-state index is 11.7. The predicted octanol–water partition coefficient (Wildman–Crippen LogP) is 0.260. The Balaban J connectivity index is 1.59. The lowest BCUT2D eigenvalue weighted by atomic mass is 10.1. The zero-order chi connectivity index (χ0) is 15.2. The van der Waals surface area contributed by atoms with Gasteiger partial charge < -0.3 is 20.5 Å². The van der Waals surface area contributed by atoms with Crippen molar-refractivity contribution < 1.29 is 19.4 Å². The van der Waals surface area contributed by atoms with Crippen LogP contribution < -0.4 is 10.6 Å². The molecule has 0 saturated carbocycles. The fraction of sp³-hybridized carbons (Fsp3) is 0.857. The minimum atomic E-state index is -0.847. The summed E-state index contributed by atoms with van der Waals surface area (Å²) in [7, 11) is 0. The highest BCUT2D eigenvalue weighted by Crippen LogP contribution is 2.22. The molecule has 3 N–H and O–H groups in total. The third kappa shape index (κ3) is 5.17. The smallest absolute Gasteiger partial charge is 0.314 e. The molecule has 2 rings (SSSR count). The topological polar surface area (TPSA) is 90.9 Å². The van der Waals surface area contributed by atoms with Crippen molar-refractivity contribution in [3.05, 3.63) is 0 Å². The van der Waals surface area contributed by atoms with Crippen LogP contribution in [0.25, 0.3) is 0 Å². The van der Waals surface area contributed by atoms with Crippen LogP contribution >= 0.6 is 0 Å². The van der Waals surface area contributed by atoms with Crippen molar-refractivity contribution in [3.63, 3.8) is 0 Å². The summed E-state index contributed by atoms with van der Waals surface area (Å²) in [5, 5.41) is 14.1. The van der Waals surface area contributed by atoms with Gasteiger partial charge in [0.1, 0.15) is 0 Å². The number of rotatable bonds is 6. The predicted molar refractivity (Wildman–Crippen MR) is 77.2 cm³/mol. The Labute approximate surface area is 125 Å². The number of carbonyl (C=O) groups is 2. The number of carboxylic acid groups (broad SMARTS) is 1. The van der Waals surface area contributed by atoms with Gasteiger partial charge in [0, 0.05) is 32.1 Å². The van der Waals surface area contributed by atoms with E-state index in [1.165, 1.54) is 12.8 Å². The summed E-state index contributed by atoms with van der Waals surface area (Å²) in [6, 6.07) is 0.298. The minimum Gasteiger partial charge on any atom is -0.481 e. The average molecular weight is 299 g/mol. The Hall–Kier alpha value is -1.34. The SMILES string of the molecule is CC(CNC(=O)NCC1CN2CCCC2CO1)CC(=O)O. The van der Waals surface area contributed by atoms with Crippen LogP contribution in [0.15, 0.2) is 0 Å². The highest BCUT2D eigenvalue weighted by atomic mass is 16.5. The van der Waals surface area contributed by atoms with E-state index in [0.717, 1.165) is 19.7 Å². The Kier molecular flexibility index (Phi) is 5.81. The van der Waals surface area contributed by atoms with Crippen LogP contribution in [0.5, 0.6) is 0 Å². The quantitative estimate of drug-likeness (QED) is 0.654. The molecule has 0 aromatic rings. The number of aliphatic carboxylic acids is 1. The van der Waals surface area contributed by atoms with Crippen molar-refractivity contribution >= 4 is 12.0 Å². The van der Waals surface area contributed by atoms with Crippen LogP contribution in [0.1, 0.15) is 26.2 Å². The van der Waals surface area contributed by atoms with Gasteiger partial charge in [-0.05, 0) is 25.3 Å². The Morgan fingerprint density at radius 2 is 2.24 bits per heavy atom. The summed E-state index contributed by atoms with van der Waals surface area (Å²) >= 11 is 0. The second-order valence-electron chi connectivity index (χ2n) is 6.04. The van der Waals surface area contributed by atoms with Gasteiger partial charge in [0.05, 0.1) is 12.7 Å². The number of nitrogens with one attached hydrogen (secondary N) is 2. The molecular formula is C14H25N3O4. The van der Waals surface area contributed by atoms with E-state index in [1.54, 1.807) is 6.92 Å². The first-order chi connectivity index (χ1) is 10.0. The number of urea groups is 1. The van der Waals surface area contributed by atoms with E-state index in [9.17, 15) is 9.59 Å². The maximum Gasteiger partial charge on any atom is 0.314 e. The Bertz CT molecular complexity index is 377. The first kappa shape index (κ1) is 16.0. The molecule has 0 aliphatic carbocycles. The molecule has 0 aromatic carbocycles. The highest BCUT2D eigenvalue weighted by Gasteiger charge is 2.32. The summed E-state index contributed by atoms with van der Waals surface area (Å²) in [6.45, 7) is 5.40. The highest BCUT2D eigenvalue weighted by molar-refractivity contribution is 5.74. The molecule has 120 valence electrons. The van der Waals surface area contributed by atoms with Crippen molar-refractivity contribution in [2.24, 2.45) is 5.92 Å². The molecule has 2 fully saturated rings. The van der Waals surface area contributed by atoms with Gasteiger partial charge in [0.25, 0.3) is 0 Å². The number of carbonyl (C=O) groups excluding carboxylic acids is 1. The van der Waals surface area contributed by atoms with Crippen molar-refractivity contribution in [3.8, 4) is 0 Å². The van der Waals surface area contributed by atoms with Gasteiger partial charge >= 0.3 is 12.0 Å². The Morgan fingerprint density at radius 1 is 1.43 bits per heavy atom. The maximum absolute atomic E-state index is 11.7. The first-order valence-electron chi connectivity index (χ1n) is 7.63. The zero-order valence-corrected chi connectivity index (χ0v) is 12.5. The lowest BCUT2D eigenvalue weighted by molar-refractivity contribution is -0.137. The van der Waals surface area contributed by atoms with Crippen molar-refractivity contribution in [2.45, 2.75) is 38.3 Å². The second kappa shape index (κ2) is 7.61. The molecular weight excluding hydrogens is 274 g/mol. The summed E-state index contributed by atoms with van der Waals surface area (Å²) in [4.78, 5) is 24.6. The fourth-order valence-electron chi connectivity index (χ4n) is 2.92. The number of morpholine rings is 1. The number of amides is 2. The van der Waals surface area contributed by atoms with E-state index in [0.29, 0.717) is 19.1 Å². The van der Waals surface area contributed by atoms with Crippen LogP contribution in [-0.4, -0.2) is 66.9 Å². The van der Waals surface area contributed by atoms with E-state index in [1.807, 2.05) is 0 Å². The van der Waals surface area contributed by atoms with Gasteiger partial charge in [-0.2, -0.15) is 0 Å². The molecule has 2 saturated heterocycles. The Morgan fingerprint density at radius 3 is 3.00 bits per heavy atom. The van der Waals surface area contributed by atoms with Crippen LogP contribution in [0.3, 0.4) is 0 Å². The van der Waals surface area contributed by atoms with Gasteiger partial charge in [0.2, 0.25) is 0 Å². The molecule has 0 bridgehead atoms. The van der Waals surface area contributed by atoms with E-state index in [2.05, 4.69) is 15.5 Å². The molecule has 0 spiro atoms. The number of hydrogen-bond acceptors (Lipinski definition) is 4. The average Bonchev–Trinajstić information content (AvgIpc) is 2.89. The summed E-state index contributed by atoms with van der Waals surface area (Å²) in [5.74, 6) is -0.926. The van der Waals surface area contributed by atoms with Crippen molar-refractivity contribution in [1.29, 1.82) is 0 Å². The van der Waals surface area contributed by atoms with Gasteiger partial charge in [-0.25, -0.2) is 4.79 Å². The number of ether oxygens (including phenoxy) is 1. The lowest BCUT2D eigenvalue weighted by Gasteiger charge is -2.35. The zero-order valence-electron chi connectivity index (χ0n) is 12.5. The fourth-order valence-corrected chi connectivity index (χ4v) is 2.92. The number of nitrogens with zero attached hydrogens (tertiary/aromatic N) is 1. The third-order valence-electron chi connectivity index (χ3n) is 4.09. The van der Waals surface area contributed by atoms with Crippen LogP contribution in [-0.2, 0) is 9.53 Å². The summed E-state index contributed by atoms with van der Waals surface area (Å²) in [5.41, 5.74) is 0. The van der Waals surface area contributed by atoms with E-state index in [-0.39, 0.29) is 24.5 Å². The molecule has 2 heterocycles. The molecule has 2 aliphatic rings. The van der Waals surface area contributed by atoms with E-state index in [4.69, 9.17) is 9.84 Å². The molecule has 0 aromatic heterocycles. The lowest BCUT2D eigenvalue weighted by Crippen LogP contribution is -2.51. The molecule has 7 heteroatoms. The second-order valence-corrected chi connectivity index (χ2v) is 6.04. The standard InChI is InChI=1S/C14H25N3O4/c1-10(5-13(18)19)6-15-14(20)16-7-12-8-17-4-2-3-11(17)9-21-12/h10-12H,2-9H2,1H3,(H,18,19)(H2,15,16,20). The first-order valence-corrected chi connectivity index (χ1v) is 7.63. The monoisotopic (exact) mass is 299 g/mol. The summed E-state index contributed by atoms with van der Waals surface area (Å²) < 4.78 is 5.76. The summed E-state index contributed by atoms with van der Waals surface area (Å²) in [6.07, 6.45) is 2.54. The van der Waals surface area contributed by atoms with E-state index >= 15 is 0 Å². The van der Waals surface area contributed by atoms with Gasteiger partial charge in [-0.3, -0.25) is 9.69 Å². The molecule has 21 heavy (non-hydrogen) atoms. The van der Waals surface area contributed by atoms with Crippen molar-refractivity contribution in [1.82, 2.24) is 15.5 Å². The molecule has 0 radical (unpaired) electrons. The van der Waals surface area contributed by atoms with Gasteiger partial charge in [-0.15, -0.1) is 0 Å². The van der Waals surface area contributed by atoms with Crippen LogP contribution in [0, 0.1) is 5.92 Å². The third-order valence-corrected chi connectivity index (χ3v) is 4.09. The number of fused-ring (bicyclic) bond motifs is 1. The molecule has 2 aliphatic heterocycles. The molecule has 3 unspecified atom stereocenters. The van der Waals surface area contributed by atoms with Crippen molar-refractivity contribution in [2.75, 3.05) is 32.8 Å². The van der Waals surface area contributed by atoms with Gasteiger partial charge in [0.15, 0.2) is 0 Å². The largest absolute Gasteiger partial charge is 0.481 e. The molecule has 7 nitrogen and oxygen atoms in total. The minimum absolute atomic E-state index is 0.0431. The van der Waals surface area contributed by atoms with E-state index < -0.39 is 5.97 Å².